The Morgan fingerprint density at radius 1 is 1.26 bits per heavy atom. The molecule has 1 aliphatic rings. The number of nitrogens with zero attached hydrogens (tertiary/aromatic N) is 7. The number of nitrogen functional groups attached to an aromatic ring is 1. The Bertz CT molecular complexity index is 1420. The minimum atomic E-state index is 0.327. The van der Waals surface area contributed by atoms with Gasteiger partial charge in [0.15, 0.2) is 0 Å². The molecule has 1 aliphatic heterocycles. The molecule has 0 bridgehead atoms. The molecule has 0 saturated carbocycles. The molecule has 1 saturated heterocycles. The number of likely N-dealkylation sites (N-methyl/N-ethyl adjacent to an activating group) is 1. The molecule has 178 valence electrons. The average molecular weight is 470 g/mol. The zero-order valence-electron chi connectivity index (χ0n) is 19.9. The Morgan fingerprint density at radius 2 is 2.11 bits per heavy atom. The van der Waals surface area contributed by atoms with Gasteiger partial charge in [0.2, 0.25) is 5.95 Å². The third-order valence-electron chi connectivity index (χ3n) is 6.42. The van der Waals surface area contributed by atoms with Crippen LogP contribution >= 0.6 is 0 Å². The van der Waals surface area contributed by atoms with Crippen molar-refractivity contribution in [2.45, 2.75) is 12.5 Å². The summed E-state index contributed by atoms with van der Waals surface area (Å²) in [7, 11) is 5.82. The summed E-state index contributed by atoms with van der Waals surface area (Å²) in [5.41, 5.74) is 11.2. The van der Waals surface area contributed by atoms with E-state index in [9.17, 15) is 5.26 Å². The molecule has 4 heterocycles. The van der Waals surface area contributed by atoms with Gasteiger partial charge < -0.3 is 25.6 Å². The Morgan fingerprint density at radius 3 is 2.86 bits per heavy atom. The van der Waals surface area contributed by atoms with Crippen LogP contribution in [0.3, 0.4) is 0 Å². The summed E-state index contributed by atoms with van der Waals surface area (Å²) in [5.74, 6) is 0.960. The standard InChI is InChI=1S/C25H27N9O/c1-32(2)17-7-9-33(15-17)22-11-23(35-3)20(10-19(22)27)30-25-28-13-16(12-26)24(31-25)18-14-29-34-8-5-4-6-21(18)34/h4-6,8,10-11,13-14,17H,7,9,15,27H2,1-3H3,(H,28,30,31)/t17-/m1/s1. The molecule has 10 nitrogen and oxygen atoms in total. The normalized spacial score (nSPS) is 15.5. The van der Waals surface area contributed by atoms with E-state index >= 15 is 0 Å². The first-order chi connectivity index (χ1) is 17.0. The van der Waals surface area contributed by atoms with Crippen LogP contribution in [0, 0.1) is 11.3 Å². The fraction of sp³-hybridized carbons (Fsp3) is 0.280. The monoisotopic (exact) mass is 469 g/mol. The molecular formula is C25H27N9O. The van der Waals surface area contributed by atoms with Gasteiger partial charge in [-0.3, -0.25) is 0 Å². The second-order valence-corrected chi connectivity index (χ2v) is 8.74. The SMILES string of the molecule is COc1cc(N2CC[C@@H](N(C)C)C2)c(N)cc1Nc1ncc(C#N)c(-c2cnn3ccccc23)n1. The Hall–Kier alpha value is -4.36. The molecule has 0 unspecified atom stereocenters. The molecule has 0 radical (unpaired) electrons. The van der Waals surface area contributed by atoms with Crippen LogP contribution in [0.4, 0.5) is 23.0 Å². The van der Waals surface area contributed by atoms with Crippen LogP contribution < -0.4 is 20.7 Å². The quantitative estimate of drug-likeness (QED) is 0.410. The minimum Gasteiger partial charge on any atom is -0.494 e. The van der Waals surface area contributed by atoms with Crippen LogP contribution in [0.15, 0.2) is 48.9 Å². The Kier molecular flexibility index (Phi) is 5.84. The molecule has 0 spiro atoms. The smallest absolute Gasteiger partial charge is 0.227 e. The summed E-state index contributed by atoms with van der Waals surface area (Å²) >= 11 is 0. The van der Waals surface area contributed by atoms with Gasteiger partial charge in [-0.1, -0.05) is 6.07 Å². The van der Waals surface area contributed by atoms with E-state index < -0.39 is 0 Å². The number of rotatable bonds is 6. The highest BCUT2D eigenvalue weighted by Gasteiger charge is 2.26. The summed E-state index contributed by atoms with van der Waals surface area (Å²) in [5, 5.41) is 17.2. The van der Waals surface area contributed by atoms with E-state index in [0.29, 0.717) is 40.4 Å². The molecular weight excluding hydrogens is 442 g/mol. The van der Waals surface area contributed by atoms with Crippen LogP contribution in [0.5, 0.6) is 5.75 Å². The first kappa shape index (κ1) is 22.4. The Balaban J connectivity index is 1.48. The van der Waals surface area contributed by atoms with Crippen LogP contribution in [-0.2, 0) is 0 Å². The van der Waals surface area contributed by atoms with Crippen LogP contribution in [0.2, 0.25) is 0 Å². The van der Waals surface area contributed by atoms with Gasteiger partial charge in [-0.2, -0.15) is 10.4 Å². The zero-order valence-corrected chi connectivity index (χ0v) is 19.9. The van der Waals surface area contributed by atoms with E-state index in [2.05, 4.69) is 50.3 Å². The molecule has 1 aromatic carbocycles. The highest BCUT2D eigenvalue weighted by atomic mass is 16.5. The number of hydrogen-bond acceptors (Lipinski definition) is 9. The van der Waals surface area contributed by atoms with E-state index in [1.54, 1.807) is 17.8 Å². The molecule has 0 aliphatic carbocycles. The predicted molar refractivity (Wildman–Crippen MR) is 136 cm³/mol. The number of methoxy groups -OCH3 is 1. The lowest BCUT2D eigenvalue weighted by atomic mass is 10.1. The number of ether oxygens (including phenoxy) is 1. The molecule has 10 heteroatoms. The van der Waals surface area contributed by atoms with Gasteiger partial charge >= 0.3 is 0 Å². The van der Waals surface area contributed by atoms with Crippen molar-refractivity contribution in [1.29, 1.82) is 5.26 Å². The first-order valence-electron chi connectivity index (χ1n) is 11.3. The van der Waals surface area contributed by atoms with Crippen LogP contribution in [0.25, 0.3) is 16.8 Å². The third-order valence-corrected chi connectivity index (χ3v) is 6.42. The second kappa shape index (κ2) is 9.12. The van der Waals surface area contributed by atoms with Gasteiger partial charge in [-0.05, 0) is 38.7 Å². The maximum Gasteiger partial charge on any atom is 0.227 e. The number of anilines is 4. The van der Waals surface area contributed by atoms with Gasteiger partial charge in [0.05, 0.1) is 53.3 Å². The lowest BCUT2D eigenvalue weighted by Crippen LogP contribution is -2.31. The fourth-order valence-electron chi connectivity index (χ4n) is 4.48. The zero-order chi connectivity index (χ0) is 24.5. The van der Waals surface area contributed by atoms with Gasteiger partial charge in [0, 0.05) is 37.0 Å². The number of fused-ring (bicyclic) bond motifs is 1. The summed E-state index contributed by atoms with van der Waals surface area (Å²) in [6, 6.07) is 12.2. The lowest BCUT2D eigenvalue weighted by molar-refractivity contribution is 0.315. The maximum atomic E-state index is 9.65. The van der Waals surface area contributed by atoms with E-state index in [1.165, 1.54) is 6.20 Å². The number of pyridine rings is 1. The molecule has 4 aromatic rings. The number of nitrogens with one attached hydrogen (secondary N) is 1. The largest absolute Gasteiger partial charge is 0.494 e. The summed E-state index contributed by atoms with van der Waals surface area (Å²) in [6.07, 6.45) is 6.14. The van der Waals surface area contributed by atoms with Crippen LogP contribution in [0.1, 0.15) is 12.0 Å². The molecule has 1 atom stereocenters. The molecule has 35 heavy (non-hydrogen) atoms. The van der Waals surface area contributed by atoms with E-state index in [0.717, 1.165) is 36.3 Å². The summed E-state index contributed by atoms with van der Waals surface area (Å²) < 4.78 is 7.42. The van der Waals surface area contributed by atoms with Crippen molar-refractivity contribution in [2.24, 2.45) is 0 Å². The van der Waals surface area contributed by atoms with Crippen molar-refractivity contribution in [3.05, 3.63) is 54.5 Å². The molecule has 0 amide bonds. The molecule has 5 rings (SSSR count). The topological polar surface area (TPSA) is 121 Å². The van der Waals surface area contributed by atoms with Gasteiger partial charge in [0.1, 0.15) is 11.8 Å². The number of benzene rings is 1. The van der Waals surface area contributed by atoms with E-state index in [-0.39, 0.29) is 0 Å². The third kappa shape index (κ3) is 4.18. The first-order valence-corrected chi connectivity index (χ1v) is 11.3. The summed E-state index contributed by atoms with van der Waals surface area (Å²) in [4.78, 5) is 13.5. The molecule has 3 aromatic heterocycles. The van der Waals surface area contributed by atoms with Crippen molar-refractivity contribution in [2.75, 3.05) is 50.2 Å². The van der Waals surface area contributed by atoms with Gasteiger partial charge in [-0.15, -0.1) is 0 Å². The number of hydrogen-bond donors (Lipinski definition) is 2. The predicted octanol–water partition coefficient (Wildman–Crippen LogP) is 3.14. The molecule has 3 N–H and O–H groups in total. The number of nitrogens with two attached hydrogens (primary N) is 1. The summed E-state index contributed by atoms with van der Waals surface area (Å²) in [6.45, 7) is 1.85. The van der Waals surface area contributed by atoms with Crippen molar-refractivity contribution in [3.8, 4) is 23.1 Å². The molecule has 1 fully saturated rings. The number of nitriles is 1. The van der Waals surface area contributed by atoms with Crippen molar-refractivity contribution in [1.82, 2.24) is 24.5 Å². The fourth-order valence-corrected chi connectivity index (χ4v) is 4.48. The van der Waals surface area contributed by atoms with Gasteiger partial charge in [-0.25, -0.2) is 14.5 Å². The Labute approximate surface area is 203 Å². The van der Waals surface area contributed by atoms with Gasteiger partial charge in [0.25, 0.3) is 0 Å². The number of aromatic nitrogens is 4. The van der Waals surface area contributed by atoms with E-state index in [4.69, 9.17) is 10.5 Å². The van der Waals surface area contributed by atoms with Crippen molar-refractivity contribution >= 4 is 28.5 Å². The maximum absolute atomic E-state index is 9.65. The van der Waals surface area contributed by atoms with Crippen molar-refractivity contribution < 1.29 is 4.74 Å². The lowest BCUT2D eigenvalue weighted by Gasteiger charge is -2.24. The van der Waals surface area contributed by atoms with Crippen molar-refractivity contribution in [3.63, 3.8) is 0 Å². The second-order valence-electron chi connectivity index (χ2n) is 8.74. The average Bonchev–Trinajstić information content (AvgIpc) is 3.52. The van der Waals surface area contributed by atoms with E-state index in [1.807, 2.05) is 36.5 Å². The highest BCUT2D eigenvalue weighted by Crippen LogP contribution is 2.38. The highest BCUT2D eigenvalue weighted by molar-refractivity contribution is 5.82. The van der Waals surface area contributed by atoms with Crippen LogP contribution in [-0.4, -0.2) is 64.8 Å². The minimum absolute atomic E-state index is 0.327.